The van der Waals surface area contributed by atoms with Crippen molar-refractivity contribution >= 4 is 23.2 Å². The van der Waals surface area contributed by atoms with Crippen molar-refractivity contribution < 1.29 is 19.4 Å². The third kappa shape index (κ3) is 4.04. The molecular weight excluding hydrogens is 290 g/mol. The lowest BCUT2D eigenvalue weighted by atomic mass is 9.86. The van der Waals surface area contributed by atoms with Crippen molar-refractivity contribution in [3.8, 4) is 0 Å². The van der Waals surface area contributed by atoms with E-state index in [9.17, 15) is 14.7 Å². The molecular formula is C15H21NO4S. The molecule has 1 fully saturated rings. The molecule has 1 unspecified atom stereocenters. The quantitative estimate of drug-likeness (QED) is 0.874. The molecule has 0 bridgehead atoms. The Morgan fingerprint density at radius 3 is 2.62 bits per heavy atom. The number of carboxylic acid groups (broad SMARTS) is 1. The van der Waals surface area contributed by atoms with Crippen molar-refractivity contribution in [2.75, 3.05) is 19.8 Å². The summed E-state index contributed by atoms with van der Waals surface area (Å²) in [6.07, 6.45) is 1.48. The van der Waals surface area contributed by atoms with E-state index in [-0.39, 0.29) is 18.4 Å². The van der Waals surface area contributed by atoms with Crippen LogP contribution in [0.5, 0.6) is 0 Å². The van der Waals surface area contributed by atoms with Crippen molar-refractivity contribution in [2.24, 2.45) is 11.8 Å². The Morgan fingerprint density at radius 2 is 2.10 bits per heavy atom. The van der Waals surface area contributed by atoms with Crippen LogP contribution in [-0.2, 0) is 9.53 Å². The fourth-order valence-corrected chi connectivity index (χ4v) is 3.50. The molecule has 1 saturated heterocycles. The van der Waals surface area contributed by atoms with Crippen molar-refractivity contribution in [2.45, 2.75) is 26.7 Å². The lowest BCUT2D eigenvalue weighted by molar-refractivity contribution is -0.144. The molecule has 0 aliphatic carbocycles. The van der Waals surface area contributed by atoms with Gasteiger partial charge in [-0.2, -0.15) is 0 Å². The summed E-state index contributed by atoms with van der Waals surface area (Å²) in [5.74, 6) is -1.50. The van der Waals surface area contributed by atoms with Gasteiger partial charge in [-0.3, -0.25) is 9.59 Å². The molecule has 1 aliphatic heterocycles. The molecule has 0 saturated carbocycles. The van der Waals surface area contributed by atoms with Crippen LogP contribution in [0.25, 0.3) is 0 Å². The predicted molar refractivity (Wildman–Crippen MR) is 80.8 cm³/mol. The first kappa shape index (κ1) is 16.0. The molecule has 1 aromatic heterocycles. The van der Waals surface area contributed by atoms with E-state index in [0.717, 1.165) is 23.3 Å². The molecule has 0 aromatic carbocycles. The van der Waals surface area contributed by atoms with E-state index in [4.69, 9.17) is 4.74 Å². The second kappa shape index (κ2) is 7.04. The average molecular weight is 311 g/mol. The van der Waals surface area contributed by atoms with Crippen LogP contribution in [0.1, 0.15) is 33.0 Å². The van der Waals surface area contributed by atoms with Crippen molar-refractivity contribution in [1.29, 1.82) is 0 Å². The highest BCUT2D eigenvalue weighted by atomic mass is 32.1. The summed E-state index contributed by atoms with van der Waals surface area (Å²) in [5, 5.41) is 12.1. The van der Waals surface area contributed by atoms with Gasteiger partial charge in [-0.15, -0.1) is 11.3 Å². The van der Waals surface area contributed by atoms with E-state index >= 15 is 0 Å². The zero-order valence-corrected chi connectivity index (χ0v) is 13.2. The minimum absolute atomic E-state index is 0.0726. The third-order valence-electron chi connectivity index (χ3n) is 4.02. The number of aliphatic carboxylic acids is 1. The summed E-state index contributed by atoms with van der Waals surface area (Å²) in [5.41, 5.74) is 1.09. The number of carboxylic acids is 1. The molecule has 1 amide bonds. The summed E-state index contributed by atoms with van der Waals surface area (Å²) in [6, 6.07) is 1.85. The van der Waals surface area contributed by atoms with Gasteiger partial charge in [0.2, 0.25) is 0 Å². The average Bonchev–Trinajstić information content (AvgIpc) is 2.79. The summed E-state index contributed by atoms with van der Waals surface area (Å²) in [7, 11) is 0. The van der Waals surface area contributed by atoms with E-state index in [1.165, 1.54) is 11.3 Å². The Kier molecular flexibility index (Phi) is 5.36. The summed E-state index contributed by atoms with van der Waals surface area (Å²) in [4.78, 5) is 25.3. The molecule has 2 heterocycles. The number of carbonyl (C=O) groups excluding carboxylic acids is 1. The van der Waals surface area contributed by atoms with Crippen LogP contribution in [0.15, 0.2) is 6.07 Å². The van der Waals surface area contributed by atoms with E-state index in [2.05, 4.69) is 5.32 Å². The van der Waals surface area contributed by atoms with Crippen LogP contribution in [0.3, 0.4) is 0 Å². The van der Waals surface area contributed by atoms with E-state index in [1.54, 1.807) is 0 Å². The van der Waals surface area contributed by atoms with Crippen LogP contribution in [0, 0.1) is 25.7 Å². The molecule has 21 heavy (non-hydrogen) atoms. The summed E-state index contributed by atoms with van der Waals surface area (Å²) < 4.78 is 5.26. The van der Waals surface area contributed by atoms with Gasteiger partial charge >= 0.3 is 5.97 Å². The molecule has 0 spiro atoms. The number of thiophene rings is 1. The standard InChI is InChI=1S/C15H21NO4S/c1-9-7-13(21-10(9)2)14(17)16-8-12(15(18)19)11-3-5-20-6-4-11/h7,11-12H,3-6,8H2,1-2H3,(H,16,17)(H,18,19). The first-order valence-electron chi connectivity index (χ1n) is 7.15. The Labute approximate surface area is 128 Å². The van der Waals surface area contributed by atoms with Gasteiger partial charge in [0.25, 0.3) is 5.91 Å². The maximum atomic E-state index is 12.1. The largest absolute Gasteiger partial charge is 0.481 e. The summed E-state index contributed by atoms with van der Waals surface area (Å²) >= 11 is 1.44. The molecule has 2 N–H and O–H groups in total. The second-order valence-electron chi connectivity index (χ2n) is 5.45. The SMILES string of the molecule is Cc1cc(C(=O)NCC(C(=O)O)C2CCOCC2)sc1C. The van der Waals surface area contributed by atoms with Crippen LogP contribution in [0.4, 0.5) is 0 Å². The highest BCUT2D eigenvalue weighted by Gasteiger charge is 2.30. The Bertz CT molecular complexity index is 500. The topological polar surface area (TPSA) is 75.6 Å². The molecule has 2 rings (SSSR count). The van der Waals surface area contributed by atoms with Crippen LogP contribution in [0.2, 0.25) is 0 Å². The van der Waals surface area contributed by atoms with Gasteiger partial charge in [-0.05, 0) is 44.2 Å². The lowest BCUT2D eigenvalue weighted by Crippen LogP contribution is -2.38. The maximum Gasteiger partial charge on any atom is 0.308 e. The van der Waals surface area contributed by atoms with Gasteiger partial charge in [0, 0.05) is 24.6 Å². The molecule has 0 radical (unpaired) electrons. The monoisotopic (exact) mass is 311 g/mol. The number of hydrogen-bond donors (Lipinski definition) is 2. The Balaban J connectivity index is 1.94. The number of carbonyl (C=O) groups is 2. The zero-order valence-electron chi connectivity index (χ0n) is 12.3. The maximum absolute atomic E-state index is 12.1. The van der Waals surface area contributed by atoms with Gasteiger partial charge in [-0.1, -0.05) is 0 Å². The van der Waals surface area contributed by atoms with Gasteiger partial charge in [0.15, 0.2) is 0 Å². The molecule has 1 aromatic rings. The lowest BCUT2D eigenvalue weighted by Gasteiger charge is -2.27. The number of hydrogen-bond acceptors (Lipinski definition) is 4. The van der Waals surface area contributed by atoms with E-state index < -0.39 is 11.9 Å². The van der Waals surface area contributed by atoms with Crippen molar-refractivity contribution in [1.82, 2.24) is 5.32 Å². The smallest absolute Gasteiger partial charge is 0.308 e. The molecule has 1 atom stereocenters. The molecule has 116 valence electrons. The number of ether oxygens (including phenoxy) is 1. The first-order chi connectivity index (χ1) is 9.99. The minimum Gasteiger partial charge on any atom is -0.481 e. The third-order valence-corrected chi connectivity index (χ3v) is 5.18. The second-order valence-corrected chi connectivity index (χ2v) is 6.71. The predicted octanol–water partition coefficient (Wildman–Crippen LogP) is 2.22. The molecule has 1 aliphatic rings. The highest BCUT2D eigenvalue weighted by Crippen LogP contribution is 2.24. The number of rotatable bonds is 5. The highest BCUT2D eigenvalue weighted by molar-refractivity contribution is 7.14. The Morgan fingerprint density at radius 1 is 1.43 bits per heavy atom. The van der Waals surface area contributed by atoms with Gasteiger partial charge in [0.1, 0.15) is 0 Å². The fraction of sp³-hybridized carbons (Fsp3) is 0.600. The van der Waals surface area contributed by atoms with E-state index in [1.807, 2.05) is 19.9 Å². The molecule has 6 heteroatoms. The minimum atomic E-state index is -0.847. The normalized spacial score (nSPS) is 17.4. The zero-order chi connectivity index (χ0) is 15.4. The number of aryl methyl sites for hydroxylation is 2. The summed E-state index contributed by atoms with van der Waals surface area (Å²) in [6.45, 7) is 5.32. The number of amides is 1. The van der Waals surface area contributed by atoms with Crippen molar-refractivity contribution in [3.05, 3.63) is 21.4 Å². The van der Waals surface area contributed by atoms with Gasteiger partial charge in [-0.25, -0.2) is 0 Å². The van der Waals surface area contributed by atoms with Crippen LogP contribution >= 0.6 is 11.3 Å². The van der Waals surface area contributed by atoms with Crippen LogP contribution in [-0.4, -0.2) is 36.7 Å². The fourth-order valence-electron chi connectivity index (χ4n) is 2.55. The van der Waals surface area contributed by atoms with Crippen LogP contribution < -0.4 is 5.32 Å². The van der Waals surface area contributed by atoms with Gasteiger partial charge in [0.05, 0.1) is 10.8 Å². The molecule has 5 nitrogen and oxygen atoms in total. The van der Waals surface area contributed by atoms with E-state index in [0.29, 0.717) is 18.1 Å². The first-order valence-corrected chi connectivity index (χ1v) is 7.96. The number of nitrogens with one attached hydrogen (secondary N) is 1. The van der Waals surface area contributed by atoms with Gasteiger partial charge < -0.3 is 15.2 Å². The van der Waals surface area contributed by atoms with Crippen molar-refractivity contribution in [3.63, 3.8) is 0 Å². The Hall–Kier alpha value is -1.40.